The lowest BCUT2D eigenvalue weighted by Crippen LogP contribution is -2.44. The van der Waals surface area contributed by atoms with E-state index in [0.717, 1.165) is 25.9 Å². The second kappa shape index (κ2) is 7.67. The Morgan fingerprint density at radius 2 is 2.12 bits per heavy atom. The Morgan fingerprint density at radius 3 is 2.65 bits per heavy atom. The van der Waals surface area contributed by atoms with Crippen molar-refractivity contribution in [1.29, 1.82) is 0 Å². The van der Waals surface area contributed by atoms with Crippen molar-refractivity contribution in [1.82, 2.24) is 10.2 Å². The second-order valence-corrected chi connectivity index (χ2v) is 5.07. The van der Waals surface area contributed by atoms with E-state index in [1.807, 2.05) is 0 Å². The molecule has 1 amide bonds. The van der Waals surface area contributed by atoms with Crippen LogP contribution in [0.15, 0.2) is 0 Å². The van der Waals surface area contributed by atoms with Crippen molar-refractivity contribution in [2.24, 2.45) is 0 Å². The molecule has 1 aliphatic rings. The number of hydrogen-bond acceptors (Lipinski definition) is 3. The molecule has 1 fully saturated rings. The fourth-order valence-electron chi connectivity index (χ4n) is 2.26. The topological polar surface area (TPSA) is 52.6 Å². The number of carbonyl (C=O) groups excluding carboxylic acids is 1. The first-order valence-electron chi connectivity index (χ1n) is 6.81. The van der Waals surface area contributed by atoms with Crippen molar-refractivity contribution in [2.45, 2.75) is 58.1 Å². The summed E-state index contributed by atoms with van der Waals surface area (Å²) in [6.45, 7) is 7.27. The van der Waals surface area contributed by atoms with Gasteiger partial charge in [0.25, 0.3) is 0 Å². The minimum absolute atomic E-state index is 0.0832. The quantitative estimate of drug-likeness (QED) is 0.734. The number of piperidine rings is 1. The summed E-state index contributed by atoms with van der Waals surface area (Å²) in [6.07, 6.45) is 3.92. The fraction of sp³-hybridized carbons (Fsp3) is 0.923. The molecule has 2 N–H and O–H groups in total. The van der Waals surface area contributed by atoms with E-state index in [2.05, 4.69) is 17.1 Å². The molecule has 0 spiro atoms. The van der Waals surface area contributed by atoms with Gasteiger partial charge in [-0.1, -0.05) is 6.92 Å². The molecular weight excluding hydrogens is 216 g/mol. The number of aliphatic hydroxyl groups excluding tert-OH is 1. The van der Waals surface area contributed by atoms with Gasteiger partial charge in [-0.05, 0) is 39.2 Å². The minimum Gasteiger partial charge on any atom is -0.393 e. The van der Waals surface area contributed by atoms with E-state index in [4.69, 9.17) is 5.11 Å². The van der Waals surface area contributed by atoms with Crippen molar-refractivity contribution in [2.75, 3.05) is 19.6 Å². The van der Waals surface area contributed by atoms with Gasteiger partial charge in [0.2, 0.25) is 5.91 Å². The molecule has 1 aliphatic heterocycles. The zero-order chi connectivity index (χ0) is 12.7. The normalized spacial score (nSPS) is 20.2. The average Bonchev–Trinajstić information content (AvgIpc) is 2.29. The summed E-state index contributed by atoms with van der Waals surface area (Å²) in [4.78, 5) is 14.0. The lowest BCUT2D eigenvalue weighted by molar-refractivity contribution is -0.122. The average molecular weight is 242 g/mol. The summed E-state index contributed by atoms with van der Waals surface area (Å²) in [6, 6.07) is 0.338. The van der Waals surface area contributed by atoms with Crippen LogP contribution in [0.1, 0.15) is 46.0 Å². The maximum Gasteiger partial charge on any atom is 0.220 e. The molecule has 4 nitrogen and oxygen atoms in total. The third-order valence-corrected chi connectivity index (χ3v) is 3.28. The zero-order valence-corrected chi connectivity index (χ0v) is 11.1. The smallest absolute Gasteiger partial charge is 0.220 e. The lowest BCUT2D eigenvalue weighted by atomic mass is 10.0. The summed E-state index contributed by atoms with van der Waals surface area (Å²) in [5.74, 6) is 0.0832. The molecule has 1 atom stereocenters. The number of rotatable bonds is 6. The number of aliphatic hydroxyl groups is 1. The number of carbonyl (C=O) groups is 1. The molecule has 0 radical (unpaired) electrons. The summed E-state index contributed by atoms with van der Waals surface area (Å²) in [5, 5.41) is 12.2. The van der Waals surface area contributed by atoms with E-state index in [0.29, 0.717) is 18.9 Å². The van der Waals surface area contributed by atoms with Gasteiger partial charge in [0.1, 0.15) is 0 Å². The predicted octanol–water partition coefficient (Wildman–Crippen LogP) is 1.14. The van der Waals surface area contributed by atoms with Crippen molar-refractivity contribution in [3.8, 4) is 0 Å². The molecule has 0 aromatic carbocycles. The number of hydrogen-bond donors (Lipinski definition) is 2. The van der Waals surface area contributed by atoms with E-state index < -0.39 is 0 Å². The van der Waals surface area contributed by atoms with Crippen LogP contribution in [-0.2, 0) is 4.79 Å². The van der Waals surface area contributed by atoms with Gasteiger partial charge in [-0.2, -0.15) is 0 Å². The van der Waals surface area contributed by atoms with Crippen LogP contribution in [0.2, 0.25) is 0 Å². The molecular formula is C13H26N2O2. The van der Waals surface area contributed by atoms with Crippen LogP contribution < -0.4 is 5.32 Å². The van der Waals surface area contributed by atoms with Gasteiger partial charge in [0.15, 0.2) is 0 Å². The first-order chi connectivity index (χ1) is 8.11. The van der Waals surface area contributed by atoms with Crippen molar-refractivity contribution >= 4 is 5.91 Å². The fourth-order valence-corrected chi connectivity index (χ4v) is 2.26. The van der Waals surface area contributed by atoms with Gasteiger partial charge in [-0.25, -0.2) is 0 Å². The van der Waals surface area contributed by atoms with E-state index in [1.165, 1.54) is 13.0 Å². The lowest BCUT2D eigenvalue weighted by Gasteiger charge is -2.32. The SMILES string of the molecule is CCCN1CCC(NC(=O)CCC(C)O)CC1. The van der Waals surface area contributed by atoms with Crippen LogP contribution >= 0.6 is 0 Å². The molecule has 1 heterocycles. The maximum atomic E-state index is 11.6. The predicted molar refractivity (Wildman–Crippen MR) is 68.8 cm³/mol. The summed E-state index contributed by atoms with van der Waals surface area (Å²) in [7, 11) is 0. The van der Waals surface area contributed by atoms with Gasteiger partial charge in [0.05, 0.1) is 6.10 Å². The summed E-state index contributed by atoms with van der Waals surface area (Å²) < 4.78 is 0. The largest absolute Gasteiger partial charge is 0.393 e. The molecule has 0 aromatic heterocycles. The van der Waals surface area contributed by atoms with E-state index >= 15 is 0 Å². The Bertz CT molecular complexity index is 223. The van der Waals surface area contributed by atoms with Crippen LogP contribution in [0.5, 0.6) is 0 Å². The third-order valence-electron chi connectivity index (χ3n) is 3.28. The first kappa shape index (κ1) is 14.5. The molecule has 1 rings (SSSR count). The zero-order valence-electron chi connectivity index (χ0n) is 11.1. The Kier molecular flexibility index (Phi) is 6.52. The standard InChI is InChI=1S/C13H26N2O2/c1-3-8-15-9-6-12(7-10-15)14-13(17)5-4-11(2)16/h11-12,16H,3-10H2,1-2H3,(H,14,17). The van der Waals surface area contributed by atoms with Crippen molar-refractivity contribution < 1.29 is 9.90 Å². The van der Waals surface area contributed by atoms with Gasteiger partial charge in [-0.3, -0.25) is 4.79 Å². The van der Waals surface area contributed by atoms with Crippen molar-refractivity contribution in [3.63, 3.8) is 0 Å². The molecule has 1 unspecified atom stereocenters. The van der Waals surface area contributed by atoms with Crippen LogP contribution in [-0.4, -0.2) is 47.7 Å². The highest BCUT2D eigenvalue weighted by Gasteiger charge is 2.19. The van der Waals surface area contributed by atoms with Crippen LogP contribution in [0, 0.1) is 0 Å². The number of nitrogens with one attached hydrogen (secondary N) is 1. The number of likely N-dealkylation sites (tertiary alicyclic amines) is 1. The second-order valence-electron chi connectivity index (χ2n) is 5.07. The maximum absolute atomic E-state index is 11.6. The number of amides is 1. The highest BCUT2D eigenvalue weighted by atomic mass is 16.3. The first-order valence-corrected chi connectivity index (χ1v) is 6.81. The minimum atomic E-state index is -0.382. The van der Waals surface area contributed by atoms with Crippen LogP contribution in [0.3, 0.4) is 0 Å². The summed E-state index contributed by atoms with van der Waals surface area (Å²) in [5.41, 5.74) is 0. The van der Waals surface area contributed by atoms with Crippen LogP contribution in [0.25, 0.3) is 0 Å². The monoisotopic (exact) mass is 242 g/mol. The highest BCUT2D eigenvalue weighted by Crippen LogP contribution is 2.11. The molecule has 4 heteroatoms. The van der Waals surface area contributed by atoms with Gasteiger partial charge < -0.3 is 15.3 Å². The Morgan fingerprint density at radius 1 is 1.47 bits per heavy atom. The van der Waals surface area contributed by atoms with Gasteiger partial charge >= 0.3 is 0 Å². The molecule has 100 valence electrons. The molecule has 17 heavy (non-hydrogen) atoms. The summed E-state index contributed by atoms with van der Waals surface area (Å²) >= 11 is 0. The molecule has 1 saturated heterocycles. The van der Waals surface area contributed by atoms with E-state index in [-0.39, 0.29) is 12.0 Å². The molecule has 0 aliphatic carbocycles. The Hall–Kier alpha value is -0.610. The third kappa shape index (κ3) is 6.03. The van der Waals surface area contributed by atoms with E-state index in [1.54, 1.807) is 6.92 Å². The van der Waals surface area contributed by atoms with Gasteiger partial charge in [0, 0.05) is 25.6 Å². The Labute approximate surface area is 104 Å². The molecule has 0 aromatic rings. The highest BCUT2D eigenvalue weighted by molar-refractivity contribution is 5.76. The number of nitrogens with zero attached hydrogens (tertiary/aromatic N) is 1. The Balaban J connectivity index is 2.14. The van der Waals surface area contributed by atoms with Crippen molar-refractivity contribution in [3.05, 3.63) is 0 Å². The van der Waals surface area contributed by atoms with E-state index in [9.17, 15) is 4.79 Å². The molecule has 0 saturated carbocycles. The van der Waals surface area contributed by atoms with Crippen LogP contribution in [0.4, 0.5) is 0 Å². The molecule has 0 bridgehead atoms. The van der Waals surface area contributed by atoms with Gasteiger partial charge in [-0.15, -0.1) is 0 Å².